The van der Waals surface area contributed by atoms with Gasteiger partial charge in [-0.2, -0.15) is 0 Å². The molecule has 2 N–H and O–H groups in total. The molecule has 0 spiro atoms. The van der Waals surface area contributed by atoms with Gasteiger partial charge >= 0.3 is 11.9 Å². The molecular formula is C15H23NO5. The number of carboxylic acid groups (broad SMARTS) is 1. The van der Waals surface area contributed by atoms with E-state index in [9.17, 15) is 14.7 Å². The molecule has 6 heteroatoms. The smallest absolute Gasteiger partial charge is 0.352 e. The highest BCUT2D eigenvalue weighted by Crippen LogP contribution is 2.34. The van der Waals surface area contributed by atoms with E-state index in [2.05, 4.69) is 4.98 Å². The first-order valence-corrected chi connectivity index (χ1v) is 7.18. The lowest BCUT2D eigenvalue weighted by Gasteiger charge is -2.23. The number of nitrogens with one attached hydrogen (secondary N) is 1. The number of carboxylic acids is 1. The van der Waals surface area contributed by atoms with Crippen molar-refractivity contribution in [2.45, 2.75) is 39.5 Å². The standard InChI is InChI=1S/C13H17NO5.C2H6/c1-7-9(13(17)18-2)10(11(14-7)12(15)16)8-3-5-19-6-4-8;1-2/h8,14H,3-6H2,1-2H3,(H,15,16);1-2H3. The Bertz CT molecular complexity index is 500. The largest absolute Gasteiger partial charge is 0.477 e. The number of carbonyl (C=O) groups is 2. The van der Waals surface area contributed by atoms with E-state index in [1.807, 2.05) is 13.8 Å². The second-order valence-corrected chi connectivity index (χ2v) is 4.60. The van der Waals surface area contributed by atoms with Crippen LogP contribution in [0.25, 0.3) is 0 Å². The average molecular weight is 297 g/mol. The molecule has 0 bridgehead atoms. The number of ether oxygens (including phenoxy) is 2. The Morgan fingerprint density at radius 3 is 2.33 bits per heavy atom. The van der Waals surface area contributed by atoms with Gasteiger partial charge in [-0.05, 0) is 25.7 Å². The molecule has 0 atom stereocenters. The predicted octanol–water partition coefficient (Wildman–Crippen LogP) is 2.73. The Labute approximate surface area is 124 Å². The van der Waals surface area contributed by atoms with Gasteiger partial charge in [0.2, 0.25) is 0 Å². The Kier molecular flexibility index (Phi) is 6.42. The van der Waals surface area contributed by atoms with Crippen molar-refractivity contribution in [3.05, 3.63) is 22.5 Å². The summed E-state index contributed by atoms with van der Waals surface area (Å²) in [7, 11) is 1.29. The van der Waals surface area contributed by atoms with E-state index in [1.54, 1.807) is 6.92 Å². The van der Waals surface area contributed by atoms with Crippen molar-refractivity contribution in [1.82, 2.24) is 4.98 Å². The van der Waals surface area contributed by atoms with Crippen LogP contribution in [0.15, 0.2) is 0 Å². The average Bonchev–Trinajstić information content (AvgIpc) is 2.87. The maximum Gasteiger partial charge on any atom is 0.352 e. The Balaban J connectivity index is 0.00000106. The van der Waals surface area contributed by atoms with Crippen LogP contribution in [0.4, 0.5) is 0 Å². The van der Waals surface area contributed by atoms with Crippen LogP contribution in [0.5, 0.6) is 0 Å². The minimum Gasteiger partial charge on any atom is -0.477 e. The molecule has 2 rings (SSSR count). The molecule has 0 radical (unpaired) electrons. The van der Waals surface area contributed by atoms with E-state index in [1.165, 1.54) is 7.11 Å². The van der Waals surface area contributed by atoms with Gasteiger partial charge in [0.25, 0.3) is 0 Å². The fourth-order valence-corrected chi connectivity index (χ4v) is 2.57. The van der Waals surface area contributed by atoms with Crippen molar-refractivity contribution in [3.8, 4) is 0 Å². The van der Waals surface area contributed by atoms with Crippen LogP contribution in [-0.2, 0) is 9.47 Å². The molecule has 6 nitrogen and oxygen atoms in total. The van der Waals surface area contributed by atoms with Gasteiger partial charge in [0.05, 0.1) is 12.7 Å². The minimum atomic E-state index is -1.06. The molecule has 1 saturated heterocycles. The molecule has 1 fully saturated rings. The normalized spacial score (nSPS) is 15.0. The lowest BCUT2D eigenvalue weighted by molar-refractivity contribution is 0.0592. The number of hydrogen-bond acceptors (Lipinski definition) is 4. The van der Waals surface area contributed by atoms with Gasteiger partial charge in [-0.1, -0.05) is 13.8 Å². The van der Waals surface area contributed by atoms with E-state index in [-0.39, 0.29) is 11.6 Å². The summed E-state index contributed by atoms with van der Waals surface area (Å²) < 4.78 is 10.0. The van der Waals surface area contributed by atoms with Crippen molar-refractivity contribution in [3.63, 3.8) is 0 Å². The maximum atomic E-state index is 11.9. The van der Waals surface area contributed by atoms with E-state index >= 15 is 0 Å². The number of hydrogen-bond donors (Lipinski definition) is 2. The highest BCUT2D eigenvalue weighted by molar-refractivity contribution is 5.98. The summed E-state index contributed by atoms with van der Waals surface area (Å²) in [5.74, 6) is -1.54. The van der Waals surface area contributed by atoms with Crippen molar-refractivity contribution in [1.29, 1.82) is 0 Å². The third kappa shape index (κ3) is 3.64. The fourth-order valence-electron chi connectivity index (χ4n) is 2.57. The minimum absolute atomic E-state index is 0.0129. The number of aromatic nitrogens is 1. The lowest BCUT2D eigenvalue weighted by atomic mass is 9.88. The van der Waals surface area contributed by atoms with Crippen molar-refractivity contribution in [2.75, 3.05) is 20.3 Å². The molecule has 1 aliphatic heterocycles. The van der Waals surface area contributed by atoms with E-state index in [4.69, 9.17) is 9.47 Å². The Morgan fingerprint density at radius 1 is 1.29 bits per heavy atom. The number of esters is 1. The number of methoxy groups -OCH3 is 1. The zero-order chi connectivity index (χ0) is 16.0. The third-order valence-corrected chi connectivity index (χ3v) is 3.46. The van der Waals surface area contributed by atoms with Crippen LogP contribution in [0.3, 0.4) is 0 Å². The van der Waals surface area contributed by atoms with Crippen LogP contribution in [-0.4, -0.2) is 42.4 Å². The molecule has 0 amide bonds. The first-order chi connectivity index (χ1) is 10.1. The molecular weight excluding hydrogens is 274 g/mol. The molecule has 0 aliphatic carbocycles. The molecule has 1 aromatic heterocycles. The maximum absolute atomic E-state index is 11.9. The van der Waals surface area contributed by atoms with Gasteiger partial charge in [-0.3, -0.25) is 0 Å². The monoisotopic (exact) mass is 297 g/mol. The first kappa shape index (κ1) is 17.2. The second kappa shape index (κ2) is 7.83. The number of rotatable bonds is 3. The number of aromatic amines is 1. The fraction of sp³-hybridized carbons (Fsp3) is 0.600. The van der Waals surface area contributed by atoms with Crippen molar-refractivity contribution < 1.29 is 24.2 Å². The van der Waals surface area contributed by atoms with Gasteiger partial charge in [-0.25, -0.2) is 9.59 Å². The third-order valence-electron chi connectivity index (χ3n) is 3.46. The Hall–Kier alpha value is -1.82. The summed E-state index contributed by atoms with van der Waals surface area (Å²) in [5.41, 5.74) is 1.53. The number of H-pyrrole nitrogens is 1. The molecule has 21 heavy (non-hydrogen) atoms. The van der Waals surface area contributed by atoms with E-state index < -0.39 is 11.9 Å². The lowest BCUT2D eigenvalue weighted by Crippen LogP contribution is -2.18. The summed E-state index contributed by atoms with van der Waals surface area (Å²) in [6.45, 7) is 6.84. The highest BCUT2D eigenvalue weighted by atomic mass is 16.5. The molecule has 2 heterocycles. The molecule has 0 saturated carbocycles. The number of aryl methyl sites for hydroxylation is 1. The second-order valence-electron chi connectivity index (χ2n) is 4.60. The van der Waals surface area contributed by atoms with Crippen LogP contribution >= 0.6 is 0 Å². The van der Waals surface area contributed by atoms with E-state index in [0.717, 1.165) is 0 Å². The van der Waals surface area contributed by atoms with Gasteiger partial charge in [0.15, 0.2) is 0 Å². The molecule has 1 aromatic rings. The quantitative estimate of drug-likeness (QED) is 0.837. The van der Waals surface area contributed by atoms with Crippen LogP contribution < -0.4 is 0 Å². The number of carbonyl (C=O) groups excluding carboxylic acids is 1. The van der Waals surface area contributed by atoms with Gasteiger partial charge in [0.1, 0.15) is 5.69 Å². The van der Waals surface area contributed by atoms with Crippen molar-refractivity contribution >= 4 is 11.9 Å². The highest BCUT2D eigenvalue weighted by Gasteiger charge is 2.31. The van der Waals surface area contributed by atoms with E-state index in [0.29, 0.717) is 42.9 Å². The van der Waals surface area contributed by atoms with Gasteiger partial charge < -0.3 is 19.6 Å². The summed E-state index contributed by atoms with van der Waals surface area (Å²) in [6, 6.07) is 0. The summed E-state index contributed by atoms with van der Waals surface area (Å²) in [5, 5.41) is 9.27. The molecule has 0 unspecified atom stereocenters. The van der Waals surface area contributed by atoms with Crippen LogP contribution in [0, 0.1) is 6.92 Å². The number of aromatic carboxylic acids is 1. The Morgan fingerprint density at radius 2 is 1.86 bits per heavy atom. The zero-order valence-electron chi connectivity index (χ0n) is 13.0. The zero-order valence-corrected chi connectivity index (χ0v) is 13.0. The molecule has 118 valence electrons. The summed E-state index contributed by atoms with van der Waals surface area (Å²) in [6.07, 6.45) is 1.42. The summed E-state index contributed by atoms with van der Waals surface area (Å²) >= 11 is 0. The predicted molar refractivity (Wildman–Crippen MR) is 78.0 cm³/mol. The molecule has 1 aliphatic rings. The topological polar surface area (TPSA) is 88.6 Å². The summed E-state index contributed by atoms with van der Waals surface area (Å²) in [4.78, 5) is 26.0. The van der Waals surface area contributed by atoms with Gasteiger partial charge in [-0.15, -0.1) is 0 Å². The van der Waals surface area contributed by atoms with Crippen molar-refractivity contribution in [2.24, 2.45) is 0 Å². The SMILES string of the molecule is CC.COC(=O)c1c(C)[nH]c(C(=O)O)c1C1CCOCC1. The molecule has 0 aromatic carbocycles. The van der Waals surface area contributed by atoms with Gasteiger partial charge in [0, 0.05) is 24.5 Å². The van der Waals surface area contributed by atoms with Crippen LogP contribution in [0.2, 0.25) is 0 Å². The first-order valence-electron chi connectivity index (χ1n) is 7.18. The van der Waals surface area contributed by atoms with Crippen LogP contribution in [0.1, 0.15) is 64.7 Å².